The number of aromatic nitrogens is 2. The van der Waals surface area contributed by atoms with E-state index < -0.39 is 11.5 Å². The van der Waals surface area contributed by atoms with E-state index in [-0.39, 0.29) is 11.9 Å². The van der Waals surface area contributed by atoms with E-state index in [2.05, 4.69) is 10.6 Å². The summed E-state index contributed by atoms with van der Waals surface area (Å²) in [5, 5.41) is 20.4. The first-order valence-corrected chi connectivity index (χ1v) is 11.0. The van der Waals surface area contributed by atoms with Gasteiger partial charge in [-0.05, 0) is 49.9 Å². The number of nitrogens with zero attached hydrogens (tertiary/aromatic N) is 4. The number of fused-ring (bicyclic) bond motifs is 1. The topological polar surface area (TPSA) is 82.2 Å². The Morgan fingerprint density at radius 1 is 1.33 bits per heavy atom. The summed E-state index contributed by atoms with van der Waals surface area (Å²) in [4.78, 5) is 18.1. The van der Waals surface area contributed by atoms with Crippen LogP contribution in [0.3, 0.4) is 0 Å². The number of aliphatic hydroxyl groups is 1. The second-order valence-electron chi connectivity index (χ2n) is 8.04. The van der Waals surface area contributed by atoms with E-state index in [9.17, 15) is 15.2 Å². The molecule has 154 valence electrons. The maximum absolute atomic E-state index is 13.4. The van der Waals surface area contributed by atoms with Crippen LogP contribution in [0.25, 0.3) is 11.0 Å². The quantitative estimate of drug-likeness (QED) is 0.390. The minimum Gasteiger partial charge on any atom is -0.385 e. The Morgan fingerprint density at radius 2 is 2.03 bits per heavy atom. The molecule has 30 heavy (non-hydrogen) atoms. The van der Waals surface area contributed by atoms with Crippen molar-refractivity contribution in [2.45, 2.75) is 44.8 Å². The van der Waals surface area contributed by atoms with Crippen LogP contribution in [-0.2, 0) is 10.4 Å². The first kappa shape index (κ1) is 20.8. The van der Waals surface area contributed by atoms with E-state index in [1.807, 2.05) is 65.3 Å². The first-order valence-electron chi connectivity index (χ1n) is 10.0. The van der Waals surface area contributed by atoms with Gasteiger partial charge in [-0.1, -0.05) is 37.3 Å². The summed E-state index contributed by atoms with van der Waals surface area (Å²) in [6, 6.07) is 17.1. The number of imidazole rings is 1. The Hall–Kier alpha value is -2.44. The van der Waals surface area contributed by atoms with Crippen LogP contribution in [0.5, 0.6) is 0 Å². The predicted molar refractivity (Wildman–Crippen MR) is 124 cm³/mol. The van der Waals surface area contributed by atoms with Crippen molar-refractivity contribution in [1.29, 1.82) is 5.26 Å². The van der Waals surface area contributed by atoms with Gasteiger partial charge in [-0.2, -0.15) is 5.26 Å². The van der Waals surface area contributed by atoms with Gasteiger partial charge in [0.15, 0.2) is 0 Å². The number of carbonyl (C=O) groups excluding carboxylic acids is 1. The number of hydrogen-bond donors (Lipinski definition) is 1. The molecule has 3 aromatic rings. The Bertz CT molecular complexity index is 1130. The zero-order chi connectivity index (χ0) is 21.5. The molecule has 1 N–H and O–H groups in total. The minimum absolute atomic E-state index is 0.221. The highest BCUT2D eigenvalue weighted by Gasteiger charge is 2.39. The van der Waals surface area contributed by atoms with Gasteiger partial charge in [0.05, 0.1) is 57.0 Å². The number of benzene rings is 2. The SMILES string of the molecule is C[C@H](C(=O)N(I)c1nc2ccc(C#N)cc2n1C1CCC1)[C@@](C)(O)c1ccccc1. The van der Waals surface area contributed by atoms with Gasteiger partial charge in [-0.15, -0.1) is 0 Å². The fraction of sp³-hybridized carbons (Fsp3) is 0.348. The van der Waals surface area contributed by atoms with Gasteiger partial charge in [0.25, 0.3) is 0 Å². The average molecular weight is 514 g/mol. The van der Waals surface area contributed by atoms with Crippen LogP contribution in [0.1, 0.15) is 50.3 Å². The van der Waals surface area contributed by atoms with Gasteiger partial charge in [0.2, 0.25) is 11.9 Å². The van der Waals surface area contributed by atoms with Gasteiger partial charge in [-0.25, -0.2) is 8.10 Å². The molecule has 0 spiro atoms. The normalized spacial score (nSPS) is 17.0. The maximum Gasteiger partial charge on any atom is 0.244 e. The first-order chi connectivity index (χ1) is 14.3. The fourth-order valence-corrected chi connectivity index (χ4v) is 4.59. The lowest BCUT2D eigenvalue weighted by Crippen LogP contribution is -2.41. The molecule has 1 aliphatic carbocycles. The lowest BCUT2D eigenvalue weighted by molar-refractivity contribution is -0.128. The molecule has 0 radical (unpaired) electrons. The molecule has 2 aromatic carbocycles. The van der Waals surface area contributed by atoms with Crippen LogP contribution < -0.4 is 3.11 Å². The van der Waals surface area contributed by atoms with E-state index in [1.165, 1.54) is 3.11 Å². The van der Waals surface area contributed by atoms with Gasteiger partial charge >= 0.3 is 0 Å². The van der Waals surface area contributed by atoms with Gasteiger partial charge < -0.3 is 9.67 Å². The second kappa shape index (κ2) is 8.00. The number of halogens is 1. The average Bonchev–Trinajstić information content (AvgIpc) is 3.09. The van der Waals surface area contributed by atoms with Crippen LogP contribution in [0, 0.1) is 17.2 Å². The zero-order valence-electron chi connectivity index (χ0n) is 16.9. The summed E-state index contributed by atoms with van der Waals surface area (Å²) in [5.74, 6) is -0.354. The van der Waals surface area contributed by atoms with Crippen LogP contribution >= 0.6 is 22.9 Å². The van der Waals surface area contributed by atoms with E-state index in [0.717, 1.165) is 30.3 Å². The Kier molecular flexibility index (Phi) is 5.55. The van der Waals surface area contributed by atoms with E-state index >= 15 is 0 Å². The van der Waals surface area contributed by atoms with Crippen molar-refractivity contribution >= 4 is 45.8 Å². The second-order valence-corrected chi connectivity index (χ2v) is 9.00. The van der Waals surface area contributed by atoms with Gasteiger partial charge in [0, 0.05) is 6.04 Å². The molecule has 0 aliphatic heterocycles. The number of carbonyl (C=O) groups is 1. The Balaban J connectivity index is 1.73. The molecule has 6 nitrogen and oxygen atoms in total. The molecule has 1 fully saturated rings. The van der Waals surface area contributed by atoms with Crippen LogP contribution in [0.15, 0.2) is 48.5 Å². The number of hydrogen-bond acceptors (Lipinski definition) is 4. The van der Waals surface area contributed by atoms with Crippen molar-refractivity contribution < 1.29 is 9.90 Å². The van der Waals surface area contributed by atoms with Crippen LogP contribution in [-0.4, -0.2) is 20.6 Å². The highest BCUT2D eigenvalue weighted by Crippen LogP contribution is 2.40. The van der Waals surface area contributed by atoms with Crippen molar-refractivity contribution in [3.63, 3.8) is 0 Å². The molecular weight excluding hydrogens is 491 g/mol. The third-order valence-electron chi connectivity index (χ3n) is 6.18. The molecule has 1 heterocycles. The molecule has 1 amide bonds. The Morgan fingerprint density at radius 3 is 2.63 bits per heavy atom. The zero-order valence-corrected chi connectivity index (χ0v) is 19.1. The molecule has 1 saturated carbocycles. The lowest BCUT2D eigenvalue weighted by atomic mass is 9.83. The third kappa shape index (κ3) is 3.48. The standard InChI is InChI=1S/C23H23IN4O2/c1-15(23(2,30)17-7-4-3-5-8-17)21(29)28(24)22-26-19-12-11-16(14-25)13-20(19)27(22)18-9-6-10-18/h3-5,7-8,11-13,15,18,30H,6,9-10H2,1-2H3/t15-,23-/m1/s1. The maximum atomic E-state index is 13.4. The van der Waals surface area contributed by atoms with Crippen molar-refractivity contribution in [3.05, 3.63) is 59.7 Å². The number of anilines is 1. The summed E-state index contributed by atoms with van der Waals surface area (Å²) in [6.45, 7) is 3.41. The van der Waals surface area contributed by atoms with E-state index in [0.29, 0.717) is 17.1 Å². The van der Waals surface area contributed by atoms with Crippen LogP contribution in [0.4, 0.5) is 5.95 Å². The number of nitriles is 1. The molecule has 2 atom stereocenters. The summed E-state index contributed by atoms with van der Waals surface area (Å²) >= 11 is 1.98. The van der Waals surface area contributed by atoms with E-state index in [1.54, 1.807) is 19.9 Å². The lowest BCUT2D eigenvalue weighted by Gasteiger charge is -2.33. The predicted octanol–water partition coefficient (Wildman–Crippen LogP) is 4.86. The number of rotatable bonds is 5. The molecule has 0 bridgehead atoms. The highest BCUT2D eigenvalue weighted by molar-refractivity contribution is 14.1. The minimum atomic E-state index is -1.32. The molecular formula is C23H23IN4O2. The third-order valence-corrected chi connectivity index (χ3v) is 7.09. The Labute approximate surface area is 189 Å². The van der Waals surface area contributed by atoms with E-state index in [4.69, 9.17) is 4.98 Å². The molecule has 1 aromatic heterocycles. The highest BCUT2D eigenvalue weighted by atomic mass is 127. The van der Waals surface area contributed by atoms with Crippen LogP contribution in [0.2, 0.25) is 0 Å². The monoisotopic (exact) mass is 514 g/mol. The van der Waals surface area contributed by atoms with Crippen molar-refractivity contribution in [1.82, 2.24) is 9.55 Å². The molecule has 4 rings (SSSR count). The van der Waals surface area contributed by atoms with Gasteiger partial charge in [0.1, 0.15) is 0 Å². The smallest absolute Gasteiger partial charge is 0.244 e. The summed E-state index contributed by atoms with van der Waals surface area (Å²) in [5.41, 5.74) is 1.57. The molecule has 0 unspecified atom stereocenters. The van der Waals surface area contributed by atoms with Crippen molar-refractivity contribution in [2.24, 2.45) is 5.92 Å². The summed E-state index contributed by atoms with van der Waals surface area (Å²) in [6.07, 6.45) is 3.17. The van der Waals surface area contributed by atoms with Crippen molar-refractivity contribution in [2.75, 3.05) is 3.11 Å². The largest absolute Gasteiger partial charge is 0.385 e. The number of amides is 1. The van der Waals surface area contributed by atoms with Crippen molar-refractivity contribution in [3.8, 4) is 6.07 Å². The summed E-state index contributed by atoms with van der Waals surface area (Å²) in [7, 11) is 0. The molecule has 0 saturated heterocycles. The fourth-order valence-electron chi connectivity index (χ4n) is 3.83. The molecule has 7 heteroatoms. The molecule has 1 aliphatic rings. The van der Waals surface area contributed by atoms with Gasteiger partial charge in [-0.3, -0.25) is 4.79 Å². The summed E-state index contributed by atoms with van der Waals surface area (Å²) < 4.78 is 3.60.